The smallest absolute Gasteiger partial charge is 0.254 e. The van der Waals surface area contributed by atoms with Crippen molar-refractivity contribution in [2.24, 2.45) is 0 Å². The predicted molar refractivity (Wildman–Crippen MR) is 82.3 cm³/mol. The van der Waals surface area contributed by atoms with Crippen LogP contribution in [-0.2, 0) is 0 Å². The first kappa shape index (κ1) is 15.0. The molecule has 106 valence electrons. The molecule has 1 atom stereocenters. The van der Waals surface area contributed by atoms with Gasteiger partial charge < -0.3 is 10.2 Å². The van der Waals surface area contributed by atoms with E-state index in [4.69, 9.17) is 11.6 Å². The van der Waals surface area contributed by atoms with Crippen molar-refractivity contribution in [1.29, 1.82) is 0 Å². The molecule has 6 heteroatoms. The number of halogens is 1. The maximum absolute atomic E-state index is 12.1. The van der Waals surface area contributed by atoms with Crippen molar-refractivity contribution >= 4 is 28.8 Å². The fraction of sp³-hybridized carbons (Fsp3) is 0.286. The Morgan fingerprint density at radius 1 is 1.50 bits per heavy atom. The van der Waals surface area contributed by atoms with E-state index in [0.717, 1.165) is 0 Å². The number of nitrogens with zero attached hydrogens (tertiary/aromatic N) is 2. The topological polar surface area (TPSA) is 45.2 Å². The number of rotatable bonds is 5. The van der Waals surface area contributed by atoms with E-state index < -0.39 is 0 Å². The molecule has 0 saturated carbocycles. The molecule has 1 amide bonds. The third-order valence-electron chi connectivity index (χ3n) is 2.96. The van der Waals surface area contributed by atoms with Crippen molar-refractivity contribution in [3.8, 4) is 0 Å². The number of nitrogens with one attached hydrogen (secondary N) is 1. The number of likely N-dealkylation sites (N-methyl/N-ethyl adjacent to an activating group) is 1. The second-order valence-corrected chi connectivity index (χ2v) is 5.95. The number of aromatic nitrogens is 1. The molecular formula is C14H16ClN3OS. The van der Waals surface area contributed by atoms with Crippen molar-refractivity contribution in [3.05, 3.63) is 51.4 Å². The summed E-state index contributed by atoms with van der Waals surface area (Å²) < 4.78 is 0. The van der Waals surface area contributed by atoms with E-state index >= 15 is 0 Å². The van der Waals surface area contributed by atoms with Crippen molar-refractivity contribution in [3.63, 3.8) is 0 Å². The SMILES string of the molecule is CN(C)C(CNC(=O)c1cnccc1Cl)c1cccs1. The summed E-state index contributed by atoms with van der Waals surface area (Å²) in [6.45, 7) is 0.525. The average molecular weight is 310 g/mol. The van der Waals surface area contributed by atoms with Crippen molar-refractivity contribution in [1.82, 2.24) is 15.2 Å². The molecule has 0 saturated heterocycles. The lowest BCUT2D eigenvalue weighted by atomic mass is 10.2. The van der Waals surface area contributed by atoms with Crippen molar-refractivity contribution < 1.29 is 4.79 Å². The molecule has 0 spiro atoms. The van der Waals surface area contributed by atoms with Gasteiger partial charge in [-0.1, -0.05) is 17.7 Å². The quantitative estimate of drug-likeness (QED) is 0.924. The largest absolute Gasteiger partial charge is 0.350 e. The van der Waals surface area contributed by atoms with Crippen LogP contribution in [-0.4, -0.2) is 36.4 Å². The van der Waals surface area contributed by atoms with Crippen LogP contribution in [0.2, 0.25) is 5.02 Å². The minimum absolute atomic E-state index is 0.148. The predicted octanol–water partition coefficient (Wildman–Crippen LogP) is 2.83. The number of carbonyl (C=O) groups excluding carboxylic acids is 1. The first-order valence-corrected chi connectivity index (χ1v) is 7.43. The second-order valence-electron chi connectivity index (χ2n) is 4.56. The second kappa shape index (κ2) is 6.83. The third kappa shape index (κ3) is 3.56. The first-order chi connectivity index (χ1) is 9.59. The van der Waals surface area contributed by atoms with E-state index in [0.29, 0.717) is 17.1 Å². The molecule has 2 aromatic heterocycles. The molecule has 0 aliphatic rings. The lowest BCUT2D eigenvalue weighted by Gasteiger charge is -2.23. The highest BCUT2D eigenvalue weighted by Gasteiger charge is 2.17. The molecule has 0 radical (unpaired) electrons. The fourth-order valence-corrected chi connectivity index (χ4v) is 2.96. The summed E-state index contributed by atoms with van der Waals surface area (Å²) in [6, 6.07) is 5.84. The van der Waals surface area contributed by atoms with Crippen LogP contribution in [0.5, 0.6) is 0 Å². The maximum Gasteiger partial charge on any atom is 0.254 e. The molecule has 2 rings (SSSR count). The highest BCUT2D eigenvalue weighted by atomic mass is 35.5. The number of carbonyl (C=O) groups is 1. The Kier molecular flexibility index (Phi) is 5.11. The molecular weight excluding hydrogens is 294 g/mol. The number of hydrogen-bond donors (Lipinski definition) is 1. The molecule has 0 aliphatic heterocycles. The summed E-state index contributed by atoms with van der Waals surface area (Å²) in [5, 5.41) is 5.36. The fourth-order valence-electron chi connectivity index (χ4n) is 1.85. The van der Waals surface area contributed by atoms with Gasteiger partial charge in [-0.15, -0.1) is 11.3 Å². The zero-order valence-corrected chi connectivity index (χ0v) is 12.9. The summed E-state index contributed by atoms with van der Waals surface area (Å²) in [4.78, 5) is 19.3. The van der Waals surface area contributed by atoms with E-state index in [1.165, 1.54) is 11.1 Å². The van der Waals surface area contributed by atoms with Gasteiger partial charge in [0.15, 0.2) is 0 Å². The molecule has 0 fully saturated rings. The Balaban J connectivity index is 2.03. The Morgan fingerprint density at radius 2 is 2.30 bits per heavy atom. The van der Waals surface area contributed by atoms with E-state index in [2.05, 4.69) is 21.3 Å². The normalized spacial score (nSPS) is 12.4. The Bertz CT molecular complexity index is 572. The van der Waals surface area contributed by atoms with Crippen LogP contribution in [0.25, 0.3) is 0 Å². The van der Waals surface area contributed by atoms with Crippen molar-refractivity contribution in [2.75, 3.05) is 20.6 Å². The lowest BCUT2D eigenvalue weighted by Crippen LogP contribution is -2.34. The van der Waals surface area contributed by atoms with Gasteiger partial charge in [0.05, 0.1) is 16.6 Å². The van der Waals surface area contributed by atoms with Crippen LogP contribution in [0.3, 0.4) is 0 Å². The van der Waals surface area contributed by atoms with Crippen LogP contribution >= 0.6 is 22.9 Å². The molecule has 2 heterocycles. The first-order valence-electron chi connectivity index (χ1n) is 6.17. The summed E-state index contributed by atoms with van der Waals surface area (Å²) in [5.74, 6) is -0.202. The minimum atomic E-state index is -0.202. The zero-order chi connectivity index (χ0) is 14.5. The maximum atomic E-state index is 12.1. The van der Waals surface area contributed by atoms with Crippen LogP contribution in [0.15, 0.2) is 36.0 Å². The average Bonchev–Trinajstić information content (AvgIpc) is 2.92. The monoisotopic (exact) mass is 309 g/mol. The lowest BCUT2D eigenvalue weighted by molar-refractivity contribution is 0.0942. The Morgan fingerprint density at radius 3 is 2.90 bits per heavy atom. The van der Waals surface area contributed by atoms with E-state index in [1.54, 1.807) is 23.6 Å². The van der Waals surface area contributed by atoms with Gasteiger partial charge in [0.25, 0.3) is 5.91 Å². The summed E-state index contributed by atoms with van der Waals surface area (Å²) >= 11 is 7.67. The number of thiophene rings is 1. The van der Waals surface area contributed by atoms with Gasteiger partial charge in [-0.3, -0.25) is 9.78 Å². The van der Waals surface area contributed by atoms with Gasteiger partial charge in [-0.05, 0) is 31.6 Å². The molecule has 2 aromatic rings. The van der Waals surface area contributed by atoms with Crippen LogP contribution in [0.1, 0.15) is 21.3 Å². The molecule has 1 unspecified atom stereocenters. The Labute approximate surface area is 127 Å². The molecule has 0 aromatic carbocycles. The van der Waals surface area contributed by atoms with Crippen LogP contribution in [0, 0.1) is 0 Å². The number of amides is 1. The molecule has 20 heavy (non-hydrogen) atoms. The van der Waals surface area contributed by atoms with Gasteiger partial charge in [0.2, 0.25) is 0 Å². The summed E-state index contributed by atoms with van der Waals surface area (Å²) in [6.07, 6.45) is 3.04. The third-order valence-corrected chi connectivity index (χ3v) is 4.27. The van der Waals surface area contributed by atoms with Gasteiger partial charge >= 0.3 is 0 Å². The van der Waals surface area contributed by atoms with Crippen LogP contribution < -0.4 is 5.32 Å². The van der Waals surface area contributed by atoms with E-state index in [-0.39, 0.29) is 11.9 Å². The van der Waals surface area contributed by atoms with Crippen molar-refractivity contribution in [2.45, 2.75) is 6.04 Å². The number of hydrogen-bond acceptors (Lipinski definition) is 4. The summed E-state index contributed by atoms with van der Waals surface area (Å²) in [5.41, 5.74) is 0.401. The zero-order valence-electron chi connectivity index (χ0n) is 11.3. The molecule has 4 nitrogen and oxygen atoms in total. The van der Waals surface area contributed by atoms with Crippen LogP contribution in [0.4, 0.5) is 0 Å². The van der Waals surface area contributed by atoms with Gasteiger partial charge in [0.1, 0.15) is 0 Å². The Hall–Kier alpha value is -1.43. The van der Waals surface area contributed by atoms with Gasteiger partial charge in [0, 0.05) is 23.8 Å². The van der Waals surface area contributed by atoms with Gasteiger partial charge in [-0.25, -0.2) is 0 Å². The van der Waals surface area contributed by atoms with Gasteiger partial charge in [-0.2, -0.15) is 0 Å². The standard InChI is InChI=1S/C14H16ClN3OS/c1-18(2)12(13-4-3-7-20-13)9-17-14(19)10-8-16-6-5-11(10)15/h3-8,12H,9H2,1-2H3,(H,17,19). The number of pyridine rings is 1. The molecule has 1 N–H and O–H groups in total. The molecule has 0 aliphatic carbocycles. The van der Waals surface area contributed by atoms with E-state index in [1.807, 2.05) is 25.5 Å². The summed E-state index contributed by atoms with van der Waals surface area (Å²) in [7, 11) is 3.99. The minimum Gasteiger partial charge on any atom is -0.350 e. The highest BCUT2D eigenvalue weighted by Crippen LogP contribution is 2.22. The van der Waals surface area contributed by atoms with E-state index in [9.17, 15) is 4.79 Å². The highest BCUT2D eigenvalue weighted by molar-refractivity contribution is 7.10. The molecule has 0 bridgehead atoms.